The molecule has 3 rings (SSSR count). The van der Waals surface area contributed by atoms with Crippen LogP contribution in [0, 0.1) is 0 Å². The fourth-order valence-corrected chi connectivity index (χ4v) is 3.37. The highest BCUT2D eigenvalue weighted by atomic mass is 35.5. The van der Waals surface area contributed by atoms with Crippen molar-refractivity contribution >= 4 is 29.1 Å². The van der Waals surface area contributed by atoms with Crippen LogP contribution < -0.4 is 0 Å². The van der Waals surface area contributed by atoms with E-state index >= 15 is 0 Å². The second-order valence-electron chi connectivity index (χ2n) is 6.96. The fourth-order valence-electron chi connectivity index (χ4n) is 3.10. The van der Waals surface area contributed by atoms with Crippen molar-refractivity contribution in [2.75, 3.05) is 26.2 Å². The quantitative estimate of drug-likeness (QED) is 0.721. The van der Waals surface area contributed by atoms with E-state index in [-0.39, 0.29) is 11.1 Å². The van der Waals surface area contributed by atoms with Crippen LogP contribution in [0.2, 0.25) is 10.2 Å². The van der Waals surface area contributed by atoms with Crippen LogP contribution in [-0.2, 0) is 6.54 Å². The zero-order valence-electron chi connectivity index (χ0n) is 15.1. The minimum atomic E-state index is -0.0444. The first-order valence-corrected chi connectivity index (χ1v) is 9.61. The number of halogens is 2. The Labute approximate surface area is 164 Å². The summed E-state index contributed by atoms with van der Waals surface area (Å²) >= 11 is 11.8. The second kappa shape index (κ2) is 8.38. The molecule has 6 heteroatoms. The van der Waals surface area contributed by atoms with Crippen LogP contribution in [0.1, 0.15) is 41.3 Å². The molecule has 2 aromatic rings. The van der Waals surface area contributed by atoms with E-state index in [0.717, 1.165) is 19.6 Å². The number of aromatic nitrogens is 1. The van der Waals surface area contributed by atoms with E-state index in [4.69, 9.17) is 23.2 Å². The van der Waals surface area contributed by atoms with Crippen LogP contribution >= 0.6 is 23.2 Å². The van der Waals surface area contributed by atoms with Gasteiger partial charge in [0.05, 0.1) is 10.6 Å². The molecule has 0 N–H and O–H groups in total. The van der Waals surface area contributed by atoms with E-state index < -0.39 is 0 Å². The van der Waals surface area contributed by atoms with E-state index in [2.05, 4.69) is 48.0 Å². The number of hydrogen-bond acceptors (Lipinski definition) is 3. The average Bonchev–Trinajstić information content (AvgIpc) is 2.64. The maximum Gasteiger partial charge on any atom is 0.255 e. The molecule has 0 radical (unpaired) electrons. The molecule has 1 aliphatic heterocycles. The highest BCUT2D eigenvalue weighted by molar-refractivity contribution is 6.41. The van der Waals surface area contributed by atoms with E-state index in [0.29, 0.717) is 29.6 Å². The maximum atomic E-state index is 12.6. The lowest BCUT2D eigenvalue weighted by molar-refractivity contribution is 0.0628. The zero-order chi connectivity index (χ0) is 18.7. The molecule has 0 saturated carbocycles. The van der Waals surface area contributed by atoms with Crippen molar-refractivity contribution < 1.29 is 4.79 Å². The number of benzene rings is 1. The lowest BCUT2D eigenvalue weighted by Gasteiger charge is -2.34. The SMILES string of the molecule is CC(C)c1ccc(CN2CCN(C(=O)c3cnc(Cl)c(Cl)c3)CC2)cc1. The Balaban J connectivity index is 1.55. The number of nitrogens with zero attached hydrogens (tertiary/aromatic N) is 3. The number of hydrogen-bond donors (Lipinski definition) is 0. The zero-order valence-corrected chi connectivity index (χ0v) is 16.6. The number of pyridine rings is 1. The van der Waals surface area contributed by atoms with Crippen LogP contribution in [0.4, 0.5) is 0 Å². The summed E-state index contributed by atoms with van der Waals surface area (Å²) < 4.78 is 0. The standard InChI is InChI=1S/C20H23Cl2N3O/c1-14(2)16-5-3-15(4-6-16)13-24-7-9-25(10-8-24)20(26)17-11-18(21)19(22)23-12-17/h3-6,11-12,14H,7-10,13H2,1-2H3. The second-order valence-corrected chi connectivity index (χ2v) is 7.73. The number of carbonyl (C=O) groups is 1. The van der Waals surface area contributed by atoms with E-state index in [9.17, 15) is 4.79 Å². The number of rotatable bonds is 4. The summed E-state index contributed by atoms with van der Waals surface area (Å²) in [4.78, 5) is 20.8. The Morgan fingerprint density at radius 2 is 1.77 bits per heavy atom. The molecule has 1 saturated heterocycles. The smallest absolute Gasteiger partial charge is 0.255 e. The van der Waals surface area contributed by atoms with E-state index in [1.807, 2.05) is 4.90 Å². The Kier molecular flexibility index (Phi) is 6.17. The van der Waals surface area contributed by atoms with Crippen molar-refractivity contribution in [3.8, 4) is 0 Å². The summed E-state index contributed by atoms with van der Waals surface area (Å²) in [7, 11) is 0. The summed E-state index contributed by atoms with van der Waals surface area (Å²) in [5.41, 5.74) is 3.15. The highest BCUT2D eigenvalue weighted by Gasteiger charge is 2.23. The molecule has 138 valence electrons. The largest absolute Gasteiger partial charge is 0.336 e. The molecule has 0 aliphatic carbocycles. The lowest BCUT2D eigenvalue weighted by atomic mass is 10.0. The van der Waals surface area contributed by atoms with Gasteiger partial charge in [-0.05, 0) is 23.1 Å². The van der Waals surface area contributed by atoms with Gasteiger partial charge in [-0.2, -0.15) is 0 Å². The lowest BCUT2D eigenvalue weighted by Crippen LogP contribution is -2.48. The van der Waals surface area contributed by atoms with Gasteiger partial charge in [-0.3, -0.25) is 9.69 Å². The molecule has 1 aliphatic rings. The molecule has 1 aromatic heterocycles. The summed E-state index contributed by atoms with van der Waals surface area (Å²) in [6.07, 6.45) is 1.49. The Hall–Kier alpha value is -1.62. The summed E-state index contributed by atoms with van der Waals surface area (Å²) in [5.74, 6) is 0.506. The van der Waals surface area contributed by atoms with Gasteiger partial charge >= 0.3 is 0 Å². The highest BCUT2D eigenvalue weighted by Crippen LogP contribution is 2.21. The number of piperazine rings is 1. The number of amides is 1. The Morgan fingerprint density at radius 3 is 2.35 bits per heavy atom. The summed E-state index contributed by atoms with van der Waals surface area (Å²) in [6.45, 7) is 8.42. The maximum absolute atomic E-state index is 12.6. The van der Waals surface area contributed by atoms with Crippen LogP contribution in [0.15, 0.2) is 36.5 Å². The predicted molar refractivity (Wildman–Crippen MR) is 106 cm³/mol. The van der Waals surface area contributed by atoms with Gasteiger partial charge < -0.3 is 4.90 Å². The van der Waals surface area contributed by atoms with Gasteiger partial charge in [-0.15, -0.1) is 0 Å². The Morgan fingerprint density at radius 1 is 1.12 bits per heavy atom. The van der Waals surface area contributed by atoms with Crippen molar-refractivity contribution in [2.45, 2.75) is 26.3 Å². The van der Waals surface area contributed by atoms with Gasteiger partial charge in [0.25, 0.3) is 5.91 Å². The monoisotopic (exact) mass is 391 g/mol. The topological polar surface area (TPSA) is 36.4 Å². The first kappa shape index (κ1) is 19.2. The molecule has 2 heterocycles. The molecule has 26 heavy (non-hydrogen) atoms. The van der Waals surface area contributed by atoms with E-state index in [1.165, 1.54) is 17.3 Å². The van der Waals surface area contributed by atoms with E-state index in [1.54, 1.807) is 6.07 Å². The molecular weight excluding hydrogens is 369 g/mol. The van der Waals surface area contributed by atoms with Gasteiger partial charge in [-0.1, -0.05) is 61.3 Å². The van der Waals surface area contributed by atoms with Crippen LogP contribution in [0.25, 0.3) is 0 Å². The third-order valence-electron chi connectivity index (χ3n) is 4.76. The van der Waals surface area contributed by atoms with Crippen molar-refractivity contribution in [1.82, 2.24) is 14.8 Å². The molecule has 0 bridgehead atoms. The van der Waals surface area contributed by atoms with Crippen molar-refractivity contribution in [3.63, 3.8) is 0 Å². The predicted octanol–water partition coefficient (Wildman–Crippen LogP) is 4.47. The first-order chi connectivity index (χ1) is 12.4. The van der Waals surface area contributed by atoms with Crippen molar-refractivity contribution in [3.05, 3.63) is 63.4 Å². The summed E-state index contributed by atoms with van der Waals surface area (Å²) in [5, 5.41) is 0.525. The van der Waals surface area contributed by atoms with Gasteiger partial charge in [0.2, 0.25) is 0 Å². The summed E-state index contributed by atoms with van der Waals surface area (Å²) in [6, 6.07) is 10.4. The minimum absolute atomic E-state index is 0.0444. The average molecular weight is 392 g/mol. The molecule has 0 atom stereocenters. The molecule has 1 fully saturated rings. The van der Waals surface area contributed by atoms with Crippen LogP contribution in [0.3, 0.4) is 0 Å². The minimum Gasteiger partial charge on any atom is -0.336 e. The molecule has 1 amide bonds. The van der Waals surface area contributed by atoms with Gasteiger partial charge in [0.15, 0.2) is 0 Å². The molecular formula is C20H23Cl2N3O. The van der Waals surface area contributed by atoms with Gasteiger partial charge in [0.1, 0.15) is 5.15 Å². The van der Waals surface area contributed by atoms with Crippen LogP contribution in [0.5, 0.6) is 0 Å². The van der Waals surface area contributed by atoms with Crippen LogP contribution in [-0.4, -0.2) is 46.9 Å². The molecule has 1 aromatic carbocycles. The van der Waals surface area contributed by atoms with Crippen molar-refractivity contribution in [1.29, 1.82) is 0 Å². The molecule has 4 nitrogen and oxygen atoms in total. The third-order valence-corrected chi connectivity index (χ3v) is 5.44. The normalized spacial score (nSPS) is 15.5. The molecule has 0 unspecified atom stereocenters. The fraction of sp³-hybridized carbons (Fsp3) is 0.400. The van der Waals surface area contributed by atoms with Gasteiger partial charge in [0, 0.05) is 38.9 Å². The third kappa shape index (κ3) is 4.56. The first-order valence-electron chi connectivity index (χ1n) is 8.85. The van der Waals surface area contributed by atoms with Crippen molar-refractivity contribution in [2.24, 2.45) is 0 Å². The molecule has 0 spiro atoms. The Bertz CT molecular complexity index is 769. The van der Waals surface area contributed by atoms with Gasteiger partial charge in [-0.25, -0.2) is 4.98 Å². The number of carbonyl (C=O) groups excluding carboxylic acids is 1.